The van der Waals surface area contributed by atoms with E-state index in [1.165, 1.54) is 0 Å². The van der Waals surface area contributed by atoms with Crippen molar-refractivity contribution < 1.29 is 9.50 Å². The van der Waals surface area contributed by atoms with Crippen molar-refractivity contribution in [3.8, 4) is 0 Å². The highest BCUT2D eigenvalue weighted by Gasteiger charge is 2.30. The van der Waals surface area contributed by atoms with E-state index < -0.39 is 12.3 Å². The predicted octanol–water partition coefficient (Wildman–Crippen LogP) is 1.20. The number of nitrogens with zero attached hydrogens (tertiary/aromatic N) is 1. The van der Waals surface area contributed by atoms with E-state index >= 15 is 0 Å². The fourth-order valence-corrected chi connectivity index (χ4v) is 1.79. The van der Waals surface area contributed by atoms with Crippen LogP contribution in [0.5, 0.6) is 0 Å². The molecular weight excluding hydrogens is 181 g/mol. The summed E-state index contributed by atoms with van der Waals surface area (Å²) >= 11 is 0. The molecule has 0 aromatic heterocycles. The Kier molecular flexibility index (Phi) is 2.79. The molecule has 1 aliphatic heterocycles. The highest BCUT2D eigenvalue weighted by molar-refractivity contribution is 5.14. The van der Waals surface area contributed by atoms with Crippen LogP contribution < -0.4 is 0 Å². The van der Waals surface area contributed by atoms with E-state index in [0.29, 0.717) is 13.1 Å². The predicted molar refractivity (Wildman–Crippen MR) is 52.6 cm³/mol. The van der Waals surface area contributed by atoms with Gasteiger partial charge in [-0.05, 0) is 5.56 Å². The van der Waals surface area contributed by atoms with E-state index in [1.807, 2.05) is 35.2 Å². The first-order valence-corrected chi connectivity index (χ1v) is 4.84. The number of β-amino-alcohol motifs (C(OH)–C–C–N with tert-alkyl or cyclic N) is 1. The first-order valence-electron chi connectivity index (χ1n) is 4.84. The lowest BCUT2D eigenvalue weighted by Gasteiger charge is -2.13. The fraction of sp³-hybridized carbons (Fsp3) is 0.455. The summed E-state index contributed by atoms with van der Waals surface area (Å²) in [5.74, 6) is 0. The molecule has 0 amide bonds. The third kappa shape index (κ3) is 2.11. The third-order valence-corrected chi connectivity index (χ3v) is 2.54. The summed E-state index contributed by atoms with van der Waals surface area (Å²) in [6.45, 7) is 1.50. The topological polar surface area (TPSA) is 23.5 Å². The number of likely N-dealkylation sites (tertiary alicyclic amines) is 1. The lowest BCUT2D eigenvalue weighted by Crippen LogP contribution is -2.21. The molecule has 0 spiro atoms. The van der Waals surface area contributed by atoms with Crippen LogP contribution in [0.2, 0.25) is 0 Å². The number of hydrogen-bond acceptors (Lipinski definition) is 2. The summed E-state index contributed by atoms with van der Waals surface area (Å²) in [4.78, 5) is 1.94. The number of benzene rings is 1. The molecule has 0 saturated carbocycles. The second kappa shape index (κ2) is 4.07. The molecular formula is C11H14FNO. The van der Waals surface area contributed by atoms with Gasteiger partial charge in [0, 0.05) is 19.6 Å². The van der Waals surface area contributed by atoms with E-state index in [-0.39, 0.29) is 0 Å². The van der Waals surface area contributed by atoms with Crippen LogP contribution in [0.4, 0.5) is 4.39 Å². The quantitative estimate of drug-likeness (QED) is 0.766. The molecule has 2 nitrogen and oxygen atoms in total. The Balaban J connectivity index is 1.94. The minimum atomic E-state index is -1.08. The van der Waals surface area contributed by atoms with Gasteiger partial charge in [-0.3, -0.25) is 4.90 Å². The zero-order valence-electron chi connectivity index (χ0n) is 7.94. The number of aliphatic hydroxyl groups excluding tert-OH is 1. The molecule has 0 bridgehead atoms. The second-order valence-corrected chi connectivity index (χ2v) is 3.76. The van der Waals surface area contributed by atoms with E-state index in [9.17, 15) is 9.50 Å². The Morgan fingerprint density at radius 1 is 1.29 bits per heavy atom. The van der Waals surface area contributed by atoms with Gasteiger partial charge in [0.25, 0.3) is 0 Å². The summed E-state index contributed by atoms with van der Waals surface area (Å²) in [5.41, 5.74) is 1.16. The van der Waals surface area contributed by atoms with Crippen molar-refractivity contribution in [2.45, 2.75) is 18.8 Å². The van der Waals surface area contributed by atoms with Gasteiger partial charge in [-0.15, -0.1) is 0 Å². The van der Waals surface area contributed by atoms with Crippen molar-refractivity contribution in [1.82, 2.24) is 4.90 Å². The van der Waals surface area contributed by atoms with Gasteiger partial charge in [-0.25, -0.2) is 4.39 Å². The van der Waals surface area contributed by atoms with Crippen LogP contribution in [0, 0.1) is 0 Å². The molecule has 1 aromatic rings. The molecule has 0 radical (unpaired) electrons. The molecule has 1 fully saturated rings. The Morgan fingerprint density at radius 2 is 2.00 bits per heavy atom. The van der Waals surface area contributed by atoms with Gasteiger partial charge in [-0.2, -0.15) is 0 Å². The Hall–Kier alpha value is -0.930. The van der Waals surface area contributed by atoms with Crippen molar-refractivity contribution in [2.24, 2.45) is 0 Å². The maximum Gasteiger partial charge on any atom is 0.140 e. The van der Waals surface area contributed by atoms with Crippen molar-refractivity contribution in [3.05, 3.63) is 35.9 Å². The Labute approximate surface area is 83.0 Å². The summed E-state index contributed by atoms with van der Waals surface area (Å²) in [6, 6.07) is 9.92. The zero-order valence-corrected chi connectivity index (χ0v) is 7.94. The highest BCUT2D eigenvalue weighted by Crippen LogP contribution is 2.15. The maximum atomic E-state index is 13.0. The fourth-order valence-electron chi connectivity index (χ4n) is 1.79. The van der Waals surface area contributed by atoms with Crippen LogP contribution in [0.1, 0.15) is 5.56 Å². The van der Waals surface area contributed by atoms with Crippen molar-refractivity contribution in [2.75, 3.05) is 13.1 Å². The summed E-state index contributed by atoms with van der Waals surface area (Å²) in [5, 5.41) is 9.23. The Bertz CT molecular complexity index is 281. The van der Waals surface area contributed by atoms with Crippen LogP contribution in [0.15, 0.2) is 30.3 Å². The number of hydrogen-bond donors (Lipinski definition) is 1. The normalized spacial score (nSPS) is 28.1. The highest BCUT2D eigenvalue weighted by atomic mass is 19.1. The van der Waals surface area contributed by atoms with Gasteiger partial charge in [0.15, 0.2) is 0 Å². The lowest BCUT2D eigenvalue weighted by molar-refractivity contribution is 0.115. The number of aliphatic hydroxyl groups is 1. The zero-order chi connectivity index (χ0) is 9.97. The number of alkyl halides is 1. The first kappa shape index (κ1) is 9.62. The monoisotopic (exact) mass is 195 g/mol. The molecule has 1 N–H and O–H groups in total. The van der Waals surface area contributed by atoms with Crippen LogP contribution in [0.25, 0.3) is 0 Å². The molecule has 0 aliphatic carbocycles. The van der Waals surface area contributed by atoms with Crippen LogP contribution >= 0.6 is 0 Å². The number of halogens is 1. The average molecular weight is 195 g/mol. The molecule has 0 unspecified atom stereocenters. The van der Waals surface area contributed by atoms with Gasteiger partial charge in [0.05, 0.1) is 6.10 Å². The SMILES string of the molecule is O[C@H]1CN(Cc2ccccc2)C[C@@H]1F. The minimum Gasteiger partial charge on any atom is -0.389 e. The standard InChI is InChI=1S/C11H14FNO/c12-10-7-13(8-11(10)14)6-9-4-2-1-3-5-9/h1-5,10-11,14H,6-8H2/t10-,11-/m0/s1. The van der Waals surface area contributed by atoms with E-state index in [0.717, 1.165) is 12.1 Å². The van der Waals surface area contributed by atoms with Crippen LogP contribution in [-0.2, 0) is 6.54 Å². The second-order valence-electron chi connectivity index (χ2n) is 3.76. The first-order chi connectivity index (χ1) is 6.75. The minimum absolute atomic E-state index is 0.343. The third-order valence-electron chi connectivity index (χ3n) is 2.54. The molecule has 1 aromatic carbocycles. The van der Waals surface area contributed by atoms with Gasteiger partial charge >= 0.3 is 0 Å². The van der Waals surface area contributed by atoms with Crippen molar-refractivity contribution in [1.29, 1.82) is 0 Å². The molecule has 76 valence electrons. The lowest BCUT2D eigenvalue weighted by atomic mass is 10.2. The molecule has 1 saturated heterocycles. The molecule has 3 heteroatoms. The molecule has 14 heavy (non-hydrogen) atoms. The molecule has 2 atom stereocenters. The van der Waals surface area contributed by atoms with E-state index in [4.69, 9.17) is 0 Å². The molecule has 1 aliphatic rings. The van der Waals surface area contributed by atoms with Crippen molar-refractivity contribution >= 4 is 0 Å². The summed E-state index contributed by atoms with van der Waals surface area (Å²) < 4.78 is 13.0. The van der Waals surface area contributed by atoms with E-state index in [2.05, 4.69) is 0 Å². The average Bonchev–Trinajstić information content (AvgIpc) is 2.47. The number of rotatable bonds is 2. The maximum absolute atomic E-state index is 13.0. The summed E-state index contributed by atoms with van der Waals surface area (Å²) in [6.07, 6.45) is -1.89. The van der Waals surface area contributed by atoms with Crippen molar-refractivity contribution in [3.63, 3.8) is 0 Å². The smallest absolute Gasteiger partial charge is 0.140 e. The van der Waals surface area contributed by atoms with Crippen LogP contribution in [0.3, 0.4) is 0 Å². The van der Waals surface area contributed by atoms with Crippen LogP contribution in [-0.4, -0.2) is 35.4 Å². The van der Waals surface area contributed by atoms with E-state index in [1.54, 1.807) is 0 Å². The van der Waals surface area contributed by atoms with Gasteiger partial charge in [-0.1, -0.05) is 30.3 Å². The largest absolute Gasteiger partial charge is 0.389 e. The molecule has 1 heterocycles. The Morgan fingerprint density at radius 3 is 2.57 bits per heavy atom. The van der Waals surface area contributed by atoms with Gasteiger partial charge < -0.3 is 5.11 Å². The van der Waals surface area contributed by atoms with Gasteiger partial charge in [0.2, 0.25) is 0 Å². The summed E-state index contributed by atoms with van der Waals surface area (Å²) in [7, 11) is 0. The molecule has 2 rings (SSSR count). The van der Waals surface area contributed by atoms with Gasteiger partial charge in [0.1, 0.15) is 6.17 Å².